The monoisotopic (exact) mass is 313 g/mol. The number of hydrogen-bond donors (Lipinski definition) is 2. The highest BCUT2D eigenvalue weighted by Crippen LogP contribution is 2.27. The van der Waals surface area contributed by atoms with Gasteiger partial charge in [-0.2, -0.15) is 0 Å². The molecule has 1 saturated heterocycles. The van der Waals surface area contributed by atoms with Gasteiger partial charge in [-0.3, -0.25) is 10.1 Å². The number of nitrogens with zero attached hydrogens (tertiary/aromatic N) is 1. The summed E-state index contributed by atoms with van der Waals surface area (Å²) in [4.78, 5) is 10.1. The average molecular weight is 313 g/mol. The minimum Gasteiger partial charge on any atom is -0.316 e. The quantitative estimate of drug-likeness (QED) is 0.643. The van der Waals surface area contributed by atoms with Crippen LogP contribution in [0.5, 0.6) is 0 Å². The van der Waals surface area contributed by atoms with Crippen LogP contribution in [0.3, 0.4) is 0 Å². The van der Waals surface area contributed by atoms with Crippen LogP contribution < -0.4 is 10.0 Å². The van der Waals surface area contributed by atoms with Crippen molar-refractivity contribution in [2.24, 2.45) is 5.41 Å². The van der Waals surface area contributed by atoms with Crippen LogP contribution in [0.25, 0.3) is 0 Å². The summed E-state index contributed by atoms with van der Waals surface area (Å²) in [7, 11) is -3.77. The van der Waals surface area contributed by atoms with E-state index in [1.54, 1.807) is 0 Å². The third-order valence-electron chi connectivity index (χ3n) is 3.77. The van der Waals surface area contributed by atoms with E-state index in [0.717, 1.165) is 19.2 Å². The number of nitro groups is 1. The van der Waals surface area contributed by atoms with Crippen LogP contribution in [0.2, 0.25) is 0 Å². The van der Waals surface area contributed by atoms with Gasteiger partial charge in [0.2, 0.25) is 10.0 Å². The Morgan fingerprint density at radius 2 is 2.14 bits per heavy atom. The van der Waals surface area contributed by atoms with Gasteiger partial charge in [-0.1, -0.05) is 19.9 Å². The van der Waals surface area contributed by atoms with Crippen LogP contribution in [-0.4, -0.2) is 32.5 Å². The average Bonchev–Trinajstić information content (AvgIpc) is 2.41. The SMILES string of the molecule is CC1(C)CNCCC1NS(=O)(=O)c1cccc([N+](=O)[O-])c1. The first-order valence-electron chi connectivity index (χ1n) is 6.70. The standard InChI is InChI=1S/C13H19N3O4S/c1-13(2)9-14-7-6-12(13)15-21(19,20)11-5-3-4-10(8-11)16(17)18/h3-5,8,12,14-15H,6-7,9H2,1-2H3. The summed E-state index contributed by atoms with van der Waals surface area (Å²) in [6, 6.07) is 4.89. The van der Waals surface area contributed by atoms with Crippen molar-refractivity contribution in [3.05, 3.63) is 34.4 Å². The maximum atomic E-state index is 12.4. The lowest BCUT2D eigenvalue weighted by Gasteiger charge is -2.39. The van der Waals surface area contributed by atoms with Crippen LogP contribution in [0.4, 0.5) is 5.69 Å². The van der Waals surface area contributed by atoms with Gasteiger partial charge in [-0.15, -0.1) is 0 Å². The van der Waals surface area contributed by atoms with Gasteiger partial charge in [0.1, 0.15) is 0 Å². The summed E-state index contributed by atoms with van der Waals surface area (Å²) >= 11 is 0. The zero-order valence-electron chi connectivity index (χ0n) is 12.0. The molecule has 2 N–H and O–H groups in total. The van der Waals surface area contributed by atoms with Gasteiger partial charge >= 0.3 is 0 Å². The van der Waals surface area contributed by atoms with Gasteiger partial charge in [0, 0.05) is 24.7 Å². The second kappa shape index (κ2) is 5.70. The fraction of sp³-hybridized carbons (Fsp3) is 0.538. The van der Waals surface area contributed by atoms with E-state index in [1.165, 1.54) is 18.2 Å². The molecule has 1 aliphatic heterocycles. The summed E-state index contributed by atoms with van der Waals surface area (Å²) in [5.41, 5.74) is -0.450. The molecule has 7 nitrogen and oxygen atoms in total. The van der Waals surface area contributed by atoms with Crippen LogP contribution in [0.15, 0.2) is 29.2 Å². The van der Waals surface area contributed by atoms with E-state index < -0.39 is 14.9 Å². The second-order valence-electron chi connectivity index (χ2n) is 5.88. The molecule has 1 aromatic rings. The number of sulfonamides is 1. The van der Waals surface area contributed by atoms with Crippen LogP contribution >= 0.6 is 0 Å². The van der Waals surface area contributed by atoms with E-state index >= 15 is 0 Å². The van der Waals surface area contributed by atoms with E-state index in [9.17, 15) is 18.5 Å². The molecule has 1 unspecified atom stereocenters. The van der Waals surface area contributed by atoms with Crippen molar-refractivity contribution >= 4 is 15.7 Å². The third-order valence-corrected chi connectivity index (χ3v) is 5.24. The fourth-order valence-electron chi connectivity index (χ4n) is 2.41. The lowest BCUT2D eigenvalue weighted by molar-refractivity contribution is -0.385. The van der Waals surface area contributed by atoms with Crippen LogP contribution in [0, 0.1) is 15.5 Å². The smallest absolute Gasteiger partial charge is 0.270 e. The van der Waals surface area contributed by atoms with Crippen molar-refractivity contribution in [2.75, 3.05) is 13.1 Å². The lowest BCUT2D eigenvalue weighted by Crippen LogP contribution is -2.54. The first kappa shape index (κ1) is 15.9. The summed E-state index contributed by atoms with van der Waals surface area (Å²) in [5.74, 6) is 0. The summed E-state index contributed by atoms with van der Waals surface area (Å²) in [6.07, 6.45) is 0.682. The Hall–Kier alpha value is -1.51. The zero-order chi connectivity index (χ0) is 15.7. The van der Waals surface area contributed by atoms with Crippen molar-refractivity contribution in [1.29, 1.82) is 0 Å². The summed E-state index contributed by atoms with van der Waals surface area (Å²) < 4.78 is 27.5. The topological polar surface area (TPSA) is 101 Å². The number of hydrogen-bond acceptors (Lipinski definition) is 5. The molecule has 0 aromatic heterocycles. The van der Waals surface area contributed by atoms with Gasteiger partial charge in [0.25, 0.3) is 5.69 Å². The minimum absolute atomic E-state index is 0.0777. The predicted molar refractivity (Wildman–Crippen MR) is 78.5 cm³/mol. The van der Waals surface area contributed by atoms with Gasteiger partial charge < -0.3 is 5.32 Å². The minimum atomic E-state index is -3.77. The molecule has 1 aliphatic rings. The van der Waals surface area contributed by atoms with Crippen LogP contribution in [0.1, 0.15) is 20.3 Å². The molecular weight excluding hydrogens is 294 g/mol. The Balaban J connectivity index is 2.26. The van der Waals surface area contributed by atoms with Crippen molar-refractivity contribution in [2.45, 2.75) is 31.2 Å². The Kier molecular flexibility index (Phi) is 4.31. The molecule has 1 aromatic carbocycles. The Morgan fingerprint density at radius 3 is 2.76 bits per heavy atom. The molecule has 0 saturated carbocycles. The Bertz CT molecular complexity index is 643. The number of benzene rings is 1. The molecule has 2 rings (SSSR count). The van der Waals surface area contributed by atoms with E-state index in [-0.39, 0.29) is 22.0 Å². The van der Waals surface area contributed by atoms with E-state index in [0.29, 0.717) is 6.42 Å². The Labute approximate surface area is 123 Å². The number of rotatable bonds is 4. The highest BCUT2D eigenvalue weighted by atomic mass is 32.2. The van der Waals surface area contributed by atoms with E-state index in [1.807, 2.05) is 13.8 Å². The maximum absolute atomic E-state index is 12.4. The molecule has 116 valence electrons. The molecular formula is C13H19N3O4S. The van der Waals surface area contributed by atoms with Gasteiger partial charge in [-0.05, 0) is 24.4 Å². The van der Waals surface area contributed by atoms with Gasteiger partial charge in [0.05, 0.1) is 9.82 Å². The molecule has 21 heavy (non-hydrogen) atoms. The molecule has 0 aliphatic carbocycles. The maximum Gasteiger partial charge on any atom is 0.270 e. The predicted octanol–water partition coefficient (Wildman–Crippen LogP) is 1.26. The molecule has 8 heteroatoms. The molecule has 0 amide bonds. The molecule has 0 bridgehead atoms. The normalized spacial score (nSPS) is 21.9. The molecule has 1 heterocycles. The third kappa shape index (κ3) is 3.58. The van der Waals surface area contributed by atoms with Crippen molar-refractivity contribution in [3.8, 4) is 0 Å². The molecule has 1 atom stereocenters. The van der Waals surface area contributed by atoms with Crippen molar-refractivity contribution in [1.82, 2.24) is 10.0 Å². The molecule has 0 radical (unpaired) electrons. The number of non-ortho nitro benzene ring substituents is 1. The molecule has 0 spiro atoms. The number of nitrogens with one attached hydrogen (secondary N) is 2. The van der Waals surface area contributed by atoms with Crippen molar-refractivity contribution in [3.63, 3.8) is 0 Å². The number of nitro benzene ring substituents is 1. The van der Waals surface area contributed by atoms with E-state index in [2.05, 4.69) is 10.0 Å². The van der Waals surface area contributed by atoms with E-state index in [4.69, 9.17) is 0 Å². The lowest BCUT2D eigenvalue weighted by atomic mass is 9.81. The van der Waals surface area contributed by atoms with Crippen LogP contribution in [-0.2, 0) is 10.0 Å². The fourth-order valence-corrected chi connectivity index (χ4v) is 3.89. The zero-order valence-corrected chi connectivity index (χ0v) is 12.8. The van der Waals surface area contributed by atoms with Crippen molar-refractivity contribution < 1.29 is 13.3 Å². The largest absolute Gasteiger partial charge is 0.316 e. The highest BCUT2D eigenvalue weighted by molar-refractivity contribution is 7.89. The second-order valence-corrected chi connectivity index (χ2v) is 7.60. The summed E-state index contributed by atoms with van der Waals surface area (Å²) in [5, 5.41) is 14.0. The summed E-state index contributed by atoms with van der Waals surface area (Å²) in [6.45, 7) is 5.43. The number of piperidine rings is 1. The Morgan fingerprint density at radius 1 is 1.43 bits per heavy atom. The van der Waals surface area contributed by atoms with Gasteiger partial charge in [-0.25, -0.2) is 13.1 Å². The highest BCUT2D eigenvalue weighted by Gasteiger charge is 2.35. The first-order valence-corrected chi connectivity index (χ1v) is 8.18. The molecule has 1 fully saturated rings. The first-order chi connectivity index (χ1) is 9.72. The van der Waals surface area contributed by atoms with Gasteiger partial charge in [0.15, 0.2) is 0 Å².